The number of carboxylic acids is 1. The van der Waals surface area contributed by atoms with Crippen LogP contribution >= 0.6 is 0 Å². The van der Waals surface area contributed by atoms with Crippen LogP contribution in [0.2, 0.25) is 0 Å². The van der Waals surface area contributed by atoms with Gasteiger partial charge in [-0.2, -0.15) is 0 Å². The van der Waals surface area contributed by atoms with Gasteiger partial charge < -0.3 is 104 Å². The van der Waals surface area contributed by atoms with Crippen molar-refractivity contribution in [3.63, 3.8) is 0 Å². The summed E-state index contributed by atoms with van der Waals surface area (Å²) in [5.74, 6) is -8.47. The Kier molecular flexibility index (Phi) is 43.7. The molecule has 606 valence electrons. The number of carbonyl (C=O) groups is 12. The molecule has 33 nitrogen and oxygen atoms in total. The Hall–Kier alpha value is -9.31. The Morgan fingerprint density at radius 1 is 0.615 bits per heavy atom. The van der Waals surface area contributed by atoms with E-state index in [-0.39, 0.29) is 154 Å². The average Bonchev–Trinajstić information content (AvgIpc) is 1.70. The number of aliphatic carboxylic acids is 1. The number of benzene rings is 2. The molecule has 1 aromatic heterocycles. The second kappa shape index (κ2) is 52.7. The SMILES string of the molecule is CCCC[C@H](NC(=O)COCCOCCNC(=O)COCCOCCNC(=O)CCCCCCCCCCCCCCC(=O)O)C(=O)N[C@H]1CCC(=O)NCCCC[C@@H](C(N)=O)NC(=O)[C@H](Cc2c[nH]c3ccccc23)NC(=O)[C@H](CCCN=C(N)N)NC(=O)[C@@H](Cc2ccccc2)NC(=O)[C@@H]2[C@@H](O)CCN2C1=O. The van der Waals surface area contributed by atoms with E-state index in [9.17, 15) is 62.6 Å². The van der Waals surface area contributed by atoms with Crippen LogP contribution in [0.15, 0.2) is 65.8 Å². The zero-order valence-electron chi connectivity index (χ0n) is 63.2. The Balaban J connectivity index is 1.13. The highest BCUT2D eigenvalue weighted by atomic mass is 16.5. The van der Waals surface area contributed by atoms with E-state index in [1.54, 1.807) is 36.5 Å². The highest BCUT2D eigenvalue weighted by molar-refractivity contribution is 5.99. The van der Waals surface area contributed by atoms with Gasteiger partial charge in [-0.15, -0.1) is 0 Å². The number of para-hydroxylation sites is 1. The first-order chi connectivity index (χ1) is 52.6. The number of amides is 11. The fourth-order valence-corrected chi connectivity index (χ4v) is 12.7. The molecule has 0 unspecified atom stereocenters. The third-order valence-electron chi connectivity index (χ3n) is 18.7. The number of unbranched alkanes of at least 4 members (excludes halogenated alkanes) is 12. The number of H-pyrrole nitrogens is 1. The Morgan fingerprint density at radius 3 is 1.84 bits per heavy atom. The monoisotopic (exact) mass is 1530 g/mol. The van der Waals surface area contributed by atoms with Gasteiger partial charge in [0.1, 0.15) is 55.5 Å². The number of primary amides is 1. The lowest BCUT2D eigenvalue weighted by Gasteiger charge is -2.32. The number of aliphatic hydroxyl groups is 1. The van der Waals surface area contributed by atoms with E-state index in [1.165, 1.54) is 25.7 Å². The summed E-state index contributed by atoms with van der Waals surface area (Å²) in [6, 6.07) is 6.07. The standard InChI is InChI=1S/C76H119N15O18/c1-2-3-27-57(85-66(96)51-109-46-44-107-42-39-82-65(95)50-108-45-43-106-41-38-81-63(93)31-17-12-10-8-6-4-5-7-9-11-13-18-32-67(97)98)70(100)88-59-33-34-64(94)80-36-22-21-29-56(69(77)99)86-73(103)61(48-53-49-84-55-28-20-19-26-54(53)55)89-71(101)58(30-23-37-83-76(78)79)87-72(102)60(47-52-24-15-14-16-25-52)90-74(104)68-62(92)35-40-91(68)75(59)105/h14-16,19-20,24-26,28,49,56-62,68,84,92H,2-13,17-18,21-23,27,29-48,50-51H2,1H3,(H2,77,99)(H,80,94)(H,81,93)(H,82,95)(H,85,96)(H,86,103)(H,87,102)(H,88,100)(H,89,101)(H,90,104)(H,97,98)(H4,78,79,83)/t56-,57-,58-,59-,60+,61-,62-,68-/m0/s1. The summed E-state index contributed by atoms with van der Waals surface area (Å²) in [7, 11) is 0. The molecule has 0 radical (unpaired) electrons. The molecular weight excluding hydrogens is 1410 g/mol. The van der Waals surface area contributed by atoms with Crippen LogP contribution in [0.3, 0.4) is 0 Å². The van der Waals surface area contributed by atoms with Crippen molar-refractivity contribution in [3.05, 3.63) is 71.9 Å². The number of hydrogen-bond donors (Lipinski definition) is 15. The third-order valence-corrected chi connectivity index (χ3v) is 18.7. The summed E-state index contributed by atoms with van der Waals surface area (Å²) in [5, 5.41) is 45.7. The van der Waals surface area contributed by atoms with Crippen molar-refractivity contribution in [2.45, 2.75) is 229 Å². The van der Waals surface area contributed by atoms with Crippen LogP contribution in [0, 0.1) is 0 Å². The van der Waals surface area contributed by atoms with E-state index in [0.717, 1.165) is 67.2 Å². The lowest BCUT2D eigenvalue weighted by Crippen LogP contribution is -2.61. The first-order valence-corrected chi connectivity index (χ1v) is 38.7. The summed E-state index contributed by atoms with van der Waals surface area (Å²) in [5.41, 5.74) is 19.0. The Morgan fingerprint density at radius 2 is 1.19 bits per heavy atom. The van der Waals surface area contributed by atoms with Crippen molar-refractivity contribution in [2.75, 3.05) is 85.6 Å². The number of carboxylic acid groups (broad SMARTS) is 1. The van der Waals surface area contributed by atoms with Crippen molar-refractivity contribution in [3.8, 4) is 0 Å². The predicted molar refractivity (Wildman–Crippen MR) is 406 cm³/mol. The number of guanidine groups is 1. The van der Waals surface area contributed by atoms with Crippen molar-refractivity contribution in [1.82, 2.24) is 57.7 Å². The van der Waals surface area contributed by atoms with Gasteiger partial charge in [-0.3, -0.25) is 62.5 Å². The minimum Gasteiger partial charge on any atom is -0.481 e. The van der Waals surface area contributed by atoms with Gasteiger partial charge in [0, 0.05) is 81.9 Å². The number of aliphatic imine (C=N–C) groups is 1. The van der Waals surface area contributed by atoms with Crippen LogP contribution in [0.5, 0.6) is 0 Å². The zero-order valence-corrected chi connectivity index (χ0v) is 63.2. The number of aromatic nitrogens is 1. The van der Waals surface area contributed by atoms with E-state index >= 15 is 0 Å². The maximum atomic E-state index is 15.0. The van der Waals surface area contributed by atoms with E-state index < -0.39 is 114 Å². The second-order valence-corrected chi connectivity index (χ2v) is 27.6. The highest BCUT2D eigenvalue weighted by Crippen LogP contribution is 2.24. The fourth-order valence-electron chi connectivity index (χ4n) is 12.7. The van der Waals surface area contributed by atoms with Gasteiger partial charge in [0.15, 0.2) is 5.96 Å². The Labute approximate surface area is 638 Å². The number of fused-ring (bicyclic) bond motifs is 2. The highest BCUT2D eigenvalue weighted by Gasteiger charge is 2.45. The molecule has 18 N–H and O–H groups in total. The molecule has 3 heterocycles. The lowest BCUT2D eigenvalue weighted by atomic mass is 10.0. The second-order valence-electron chi connectivity index (χ2n) is 27.6. The van der Waals surface area contributed by atoms with Gasteiger partial charge in [0.25, 0.3) is 0 Å². The third kappa shape index (κ3) is 36.6. The number of nitrogens with two attached hydrogens (primary N) is 3. The molecule has 2 fully saturated rings. The van der Waals surface area contributed by atoms with Crippen LogP contribution < -0.4 is 65.1 Å². The molecule has 109 heavy (non-hydrogen) atoms. The minimum atomic E-state index is -1.64. The van der Waals surface area contributed by atoms with Gasteiger partial charge >= 0.3 is 5.97 Å². The number of carbonyl (C=O) groups excluding carboxylic acids is 11. The molecule has 3 aromatic rings. The zero-order chi connectivity index (χ0) is 79.0. The van der Waals surface area contributed by atoms with Crippen LogP contribution in [0.1, 0.15) is 179 Å². The summed E-state index contributed by atoms with van der Waals surface area (Å²) in [6.45, 7) is 2.48. The molecule has 2 aliphatic rings. The van der Waals surface area contributed by atoms with Crippen molar-refractivity contribution in [1.29, 1.82) is 0 Å². The first-order valence-electron chi connectivity index (χ1n) is 38.7. The van der Waals surface area contributed by atoms with E-state index in [4.69, 9.17) is 41.3 Å². The van der Waals surface area contributed by atoms with Crippen LogP contribution in [-0.4, -0.2) is 231 Å². The van der Waals surface area contributed by atoms with Gasteiger partial charge in [-0.1, -0.05) is 133 Å². The summed E-state index contributed by atoms with van der Waals surface area (Å²) in [6.07, 6.45) is 14.6. The van der Waals surface area contributed by atoms with Gasteiger partial charge in [0.2, 0.25) is 65.0 Å². The topological polar surface area (TPSA) is 500 Å². The van der Waals surface area contributed by atoms with Crippen molar-refractivity contribution >= 4 is 87.8 Å². The van der Waals surface area contributed by atoms with Crippen molar-refractivity contribution < 1.29 is 86.7 Å². The number of aliphatic hydroxyl groups excluding tert-OH is 1. The molecule has 8 atom stereocenters. The molecule has 2 aliphatic heterocycles. The minimum absolute atomic E-state index is 0.0160. The number of hydrogen-bond acceptors (Lipinski definition) is 18. The molecule has 11 amide bonds. The molecule has 5 rings (SSSR count). The summed E-state index contributed by atoms with van der Waals surface area (Å²) >= 11 is 0. The molecule has 2 saturated heterocycles. The molecule has 0 aliphatic carbocycles. The number of ether oxygens (including phenoxy) is 4. The molecule has 2 aromatic carbocycles. The largest absolute Gasteiger partial charge is 0.481 e. The van der Waals surface area contributed by atoms with E-state index in [0.29, 0.717) is 50.0 Å². The van der Waals surface area contributed by atoms with E-state index in [1.807, 2.05) is 31.2 Å². The van der Waals surface area contributed by atoms with Gasteiger partial charge in [0.05, 0.1) is 45.7 Å². The van der Waals surface area contributed by atoms with Crippen LogP contribution in [-0.2, 0) is 89.3 Å². The summed E-state index contributed by atoms with van der Waals surface area (Å²) in [4.78, 5) is 172. The average molecular weight is 1530 g/mol. The van der Waals surface area contributed by atoms with Gasteiger partial charge in [-0.25, -0.2) is 0 Å². The maximum Gasteiger partial charge on any atom is 0.303 e. The number of rotatable bonds is 46. The molecule has 33 heteroatoms. The quantitative estimate of drug-likeness (QED) is 0.0216. The molecule has 0 saturated carbocycles. The first kappa shape index (κ1) is 90.3. The number of nitrogens with one attached hydrogen (secondary N) is 10. The molecular formula is C76H119N15O18. The fraction of sp³-hybridized carbons (Fsp3) is 0.645. The predicted octanol–water partition coefficient (Wildman–Crippen LogP) is 1.48. The van der Waals surface area contributed by atoms with Crippen LogP contribution in [0.25, 0.3) is 10.9 Å². The lowest BCUT2D eigenvalue weighted by molar-refractivity contribution is -0.144. The Bertz CT molecular complexity index is 3340. The number of aromatic amines is 1. The van der Waals surface area contributed by atoms with E-state index in [2.05, 4.69) is 57.8 Å². The smallest absolute Gasteiger partial charge is 0.303 e. The molecule has 0 bridgehead atoms. The van der Waals surface area contributed by atoms with Crippen molar-refractivity contribution in [2.24, 2.45) is 22.2 Å². The van der Waals surface area contributed by atoms with Crippen LogP contribution in [0.4, 0.5) is 0 Å². The van der Waals surface area contributed by atoms with Gasteiger partial charge in [-0.05, 0) is 81.4 Å². The molecule has 0 spiro atoms. The maximum absolute atomic E-state index is 15.0. The normalized spacial score (nSPS) is 19.5. The summed E-state index contributed by atoms with van der Waals surface area (Å²) < 4.78 is 22.0. The number of nitrogens with zero attached hydrogens (tertiary/aromatic N) is 2.